The van der Waals surface area contributed by atoms with Crippen molar-refractivity contribution in [2.45, 2.75) is 19.5 Å². The number of quaternary nitrogens is 1. The molecular weight excluding hydrogens is 386 g/mol. The van der Waals surface area contributed by atoms with E-state index in [9.17, 15) is 0 Å². The maximum atomic E-state index is 2.74. The molecule has 1 aromatic rings. The Kier molecular flexibility index (Phi) is 16.6. The summed E-state index contributed by atoms with van der Waals surface area (Å²) in [5.41, 5.74) is 1.57. The molecule has 20 heavy (non-hydrogen) atoms. The van der Waals surface area contributed by atoms with Crippen molar-refractivity contribution in [3.8, 4) is 0 Å². The monoisotopic (exact) mass is 408 g/mol. The van der Waals surface area contributed by atoms with Gasteiger partial charge in [-0.05, 0) is 6.08 Å². The van der Waals surface area contributed by atoms with E-state index in [2.05, 4.69) is 56.6 Å². The second-order valence-electron chi connectivity index (χ2n) is 5.37. The van der Waals surface area contributed by atoms with Crippen LogP contribution in [-0.4, -0.2) is 38.5 Å². The van der Waals surface area contributed by atoms with Gasteiger partial charge in [0.05, 0.1) is 29.1 Å². The zero-order valence-corrected chi connectivity index (χ0v) is 17.8. The second kappa shape index (κ2) is 13.1. The molecule has 0 saturated carbocycles. The summed E-state index contributed by atoms with van der Waals surface area (Å²) in [5, 5.41) is 0. The van der Waals surface area contributed by atoms with Crippen molar-refractivity contribution >= 4 is 8.80 Å². The maximum absolute atomic E-state index is 2.74. The van der Waals surface area contributed by atoms with Crippen molar-refractivity contribution < 1.29 is 55.5 Å². The van der Waals surface area contributed by atoms with Crippen LogP contribution in [0.2, 0.25) is 13.1 Å². The van der Waals surface area contributed by atoms with E-state index in [4.69, 9.17) is 0 Å². The molecule has 1 aliphatic carbocycles. The van der Waals surface area contributed by atoms with E-state index in [0.29, 0.717) is 0 Å². The molecule has 0 aromatic carbocycles. The van der Waals surface area contributed by atoms with Gasteiger partial charge >= 0.3 is 26.2 Å². The number of aromatic amines is 1. The number of aromatic nitrogens is 1. The predicted octanol–water partition coefficient (Wildman–Crippen LogP) is -3.25. The van der Waals surface area contributed by atoms with Crippen molar-refractivity contribution in [3.63, 3.8) is 0 Å². The molecule has 6 heteroatoms. The van der Waals surface area contributed by atoms with E-state index in [0.717, 1.165) is 10.9 Å². The molecule has 0 amide bonds. The van der Waals surface area contributed by atoms with Crippen molar-refractivity contribution in [2.24, 2.45) is 0 Å². The van der Waals surface area contributed by atoms with Gasteiger partial charge in [0.25, 0.3) is 0 Å². The smallest absolute Gasteiger partial charge is 1.00 e. The predicted molar refractivity (Wildman–Crippen MR) is 77.3 cm³/mol. The Bertz CT molecular complexity index is 359. The van der Waals surface area contributed by atoms with Crippen LogP contribution < -0.4 is 24.8 Å². The standard InChI is InChI=1S/C10H20NSi.C4H4N.2ClH.Zr/c1-11(2,9-12(3)4)10-7-5-6-8-10;1-2-4-5-3-1;;;/h5-7,12H,8-9H2,1-4H3;1-3,5H;2*1H;/q+1;-1;;;+2/p-2. The molecule has 1 heterocycles. The Labute approximate surface area is 156 Å². The summed E-state index contributed by atoms with van der Waals surface area (Å²) in [6, 6.07) is 3.71. The van der Waals surface area contributed by atoms with Gasteiger partial charge in [0, 0.05) is 6.42 Å². The van der Waals surface area contributed by atoms with Crippen molar-refractivity contribution in [3.05, 3.63) is 48.5 Å². The number of rotatable bonds is 3. The molecule has 2 rings (SSSR count). The van der Waals surface area contributed by atoms with Gasteiger partial charge in [-0.2, -0.15) is 18.3 Å². The van der Waals surface area contributed by atoms with Gasteiger partial charge < -0.3 is 34.3 Å². The quantitative estimate of drug-likeness (QED) is 0.306. The molecule has 0 fully saturated rings. The SMILES string of the molecule is C[SiH](C)C[N+](C)(C)C1=CC=CC1.[Cl-].[Cl-].[Zr+2].[c-]1ccc[nH]1. The second-order valence-corrected chi connectivity index (χ2v) is 8.52. The van der Waals surface area contributed by atoms with Crippen LogP contribution in [0.4, 0.5) is 0 Å². The first-order valence-corrected chi connectivity index (χ1v) is 9.33. The third kappa shape index (κ3) is 10.2. The summed E-state index contributed by atoms with van der Waals surface area (Å²) in [6.45, 7) is 4.84. The van der Waals surface area contributed by atoms with E-state index < -0.39 is 8.80 Å². The number of halogens is 2. The first-order chi connectivity index (χ1) is 8.02. The minimum Gasteiger partial charge on any atom is -1.00 e. The number of H-pyrrole nitrogens is 1. The van der Waals surface area contributed by atoms with E-state index in [-0.39, 0.29) is 51.0 Å². The molecule has 0 spiro atoms. The van der Waals surface area contributed by atoms with Gasteiger partial charge in [-0.15, -0.1) is 6.20 Å². The summed E-state index contributed by atoms with van der Waals surface area (Å²) < 4.78 is 1.11. The molecule has 0 bridgehead atoms. The Morgan fingerprint density at radius 1 is 1.30 bits per heavy atom. The average Bonchev–Trinajstić information content (AvgIpc) is 2.93. The number of nitrogens with zero attached hydrogens (tertiary/aromatic N) is 1. The number of allylic oxidation sites excluding steroid dienone is 3. The molecule has 0 saturated heterocycles. The van der Waals surface area contributed by atoms with Crippen LogP contribution in [0, 0.1) is 6.20 Å². The van der Waals surface area contributed by atoms with Crippen LogP contribution in [0.25, 0.3) is 0 Å². The summed E-state index contributed by atoms with van der Waals surface area (Å²) in [7, 11) is 4.20. The number of hydrogen-bond donors (Lipinski definition) is 1. The van der Waals surface area contributed by atoms with Crippen molar-refractivity contribution in [2.75, 3.05) is 20.3 Å². The fraction of sp³-hybridized carbons (Fsp3) is 0.429. The van der Waals surface area contributed by atoms with E-state index in [1.165, 1.54) is 6.17 Å². The summed E-state index contributed by atoms with van der Waals surface area (Å²) in [4.78, 5) is 2.74. The van der Waals surface area contributed by atoms with Crippen molar-refractivity contribution in [1.29, 1.82) is 0 Å². The third-order valence-electron chi connectivity index (χ3n) is 2.79. The first-order valence-electron chi connectivity index (χ1n) is 6.21. The van der Waals surface area contributed by atoms with E-state index >= 15 is 0 Å². The fourth-order valence-corrected chi connectivity index (χ4v) is 4.22. The Morgan fingerprint density at radius 2 is 1.95 bits per heavy atom. The van der Waals surface area contributed by atoms with Crippen LogP contribution in [0.3, 0.4) is 0 Å². The van der Waals surface area contributed by atoms with Gasteiger partial charge in [-0.3, -0.25) is 0 Å². The molecule has 0 atom stereocenters. The Morgan fingerprint density at radius 3 is 2.25 bits per heavy atom. The summed E-state index contributed by atoms with van der Waals surface area (Å²) in [5.74, 6) is 0. The zero-order valence-electron chi connectivity index (χ0n) is 12.7. The number of hydrogen-bond acceptors (Lipinski definition) is 0. The molecule has 0 unspecified atom stereocenters. The van der Waals surface area contributed by atoms with E-state index in [1.54, 1.807) is 5.70 Å². The molecular formula is C14H24Cl2N2SiZr. The normalized spacial score (nSPS) is 12.3. The average molecular weight is 411 g/mol. The van der Waals surface area contributed by atoms with Gasteiger partial charge in [0.1, 0.15) is 5.70 Å². The Balaban J connectivity index is -0.000000312. The summed E-state index contributed by atoms with van der Waals surface area (Å²) in [6.07, 6.45) is 13.8. The zero-order chi connectivity index (χ0) is 12.7. The minimum absolute atomic E-state index is 0. The fourth-order valence-electron chi connectivity index (χ4n) is 2.16. The molecule has 0 aliphatic heterocycles. The van der Waals surface area contributed by atoms with Crippen LogP contribution >= 0.6 is 0 Å². The molecule has 112 valence electrons. The molecule has 0 radical (unpaired) electrons. The topological polar surface area (TPSA) is 15.8 Å². The molecule has 1 aromatic heterocycles. The third-order valence-corrected chi connectivity index (χ3v) is 4.44. The van der Waals surface area contributed by atoms with Gasteiger partial charge in [0.2, 0.25) is 0 Å². The van der Waals surface area contributed by atoms with Crippen LogP contribution in [-0.2, 0) is 26.2 Å². The van der Waals surface area contributed by atoms with Gasteiger partial charge in [-0.25, -0.2) is 0 Å². The van der Waals surface area contributed by atoms with E-state index in [1.807, 2.05) is 18.3 Å². The molecule has 1 N–H and O–H groups in total. The van der Waals surface area contributed by atoms with Crippen LogP contribution in [0.15, 0.2) is 42.3 Å². The van der Waals surface area contributed by atoms with Crippen LogP contribution in [0.1, 0.15) is 6.42 Å². The largest absolute Gasteiger partial charge is 2.00 e. The summed E-state index contributed by atoms with van der Waals surface area (Å²) >= 11 is 0. The molecule has 1 aliphatic rings. The number of nitrogens with one attached hydrogen (secondary N) is 1. The van der Waals surface area contributed by atoms with Gasteiger partial charge in [-0.1, -0.05) is 25.2 Å². The van der Waals surface area contributed by atoms with Gasteiger partial charge in [0.15, 0.2) is 0 Å². The molecule has 2 nitrogen and oxygen atoms in total. The maximum Gasteiger partial charge on any atom is 2.00 e. The minimum atomic E-state index is -0.448. The first kappa shape index (κ1) is 25.4. The van der Waals surface area contributed by atoms with Crippen molar-refractivity contribution in [1.82, 2.24) is 4.98 Å². The Hall–Kier alpha value is 0.400. The van der Waals surface area contributed by atoms with Crippen LogP contribution in [0.5, 0.6) is 0 Å².